The molecule has 3 aromatic rings. The lowest BCUT2D eigenvalue weighted by Crippen LogP contribution is -2.13. The van der Waals surface area contributed by atoms with Gasteiger partial charge in [0, 0.05) is 4.88 Å². The maximum Gasteiger partial charge on any atom is 0.322 e. The lowest BCUT2D eigenvalue weighted by molar-refractivity contribution is -0.115. The zero-order chi connectivity index (χ0) is 13.1. The highest BCUT2D eigenvalue weighted by molar-refractivity contribution is 7.10. The smallest absolute Gasteiger partial charge is 0.322 e. The summed E-state index contributed by atoms with van der Waals surface area (Å²) < 4.78 is 10.4. The maximum atomic E-state index is 11.7. The molecule has 1 N–H and O–H groups in total. The second kappa shape index (κ2) is 5.07. The first kappa shape index (κ1) is 11.7. The Balaban J connectivity index is 1.65. The van der Waals surface area contributed by atoms with Gasteiger partial charge in [-0.15, -0.1) is 16.4 Å². The molecule has 6 nitrogen and oxygen atoms in total. The number of nitrogens with zero attached hydrogens (tertiary/aromatic N) is 2. The number of hydrogen-bond acceptors (Lipinski definition) is 6. The van der Waals surface area contributed by atoms with Gasteiger partial charge in [-0.25, -0.2) is 0 Å². The Kier molecular flexibility index (Phi) is 3.11. The highest BCUT2D eigenvalue weighted by Gasteiger charge is 2.13. The van der Waals surface area contributed by atoms with E-state index in [1.807, 2.05) is 17.5 Å². The van der Waals surface area contributed by atoms with Crippen LogP contribution in [0.5, 0.6) is 0 Å². The maximum absolute atomic E-state index is 11.7. The third-order valence-corrected chi connectivity index (χ3v) is 3.19. The lowest BCUT2D eigenvalue weighted by atomic mass is 10.3. The number of nitrogens with one attached hydrogen (secondary N) is 1. The van der Waals surface area contributed by atoms with Gasteiger partial charge in [-0.2, -0.15) is 0 Å². The third kappa shape index (κ3) is 2.71. The molecule has 96 valence electrons. The van der Waals surface area contributed by atoms with Gasteiger partial charge in [-0.05, 0) is 23.6 Å². The van der Waals surface area contributed by atoms with Crippen LogP contribution in [0, 0.1) is 0 Å². The number of rotatable bonds is 4. The van der Waals surface area contributed by atoms with Crippen molar-refractivity contribution in [3.63, 3.8) is 0 Å². The Morgan fingerprint density at radius 3 is 3.00 bits per heavy atom. The Labute approximate surface area is 112 Å². The molecule has 0 aromatic carbocycles. The van der Waals surface area contributed by atoms with E-state index >= 15 is 0 Å². The Bertz CT molecular complexity index is 658. The van der Waals surface area contributed by atoms with Crippen LogP contribution in [0.4, 0.5) is 6.01 Å². The number of carbonyl (C=O) groups excluding carboxylic acids is 1. The minimum atomic E-state index is -0.197. The SMILES string of the molecule is O=C(Cc1cccs1)Nc1nnc(-c2ccco2)o1. The van der Waals surface area contributed by atoms with Crippen molar-refractivity contribution >= 4 is 23.3 Å². The van der Waals surface area contributed by atoms with E-state index in [9.17, 15) is 4.79 Å². The first-order valence-corrected chi connectivity index (χ1v) is 6.39. The summed E-state index contributed by atoms with van der Waals surface area (Å²) in [6.07, 6.45) is 1.80. The van der Waals surface area contributed by atoms with Crippen molar-refractivity contribution in [1.29, 1.82) is 0 Å². The first-order chi connectivity index (χ1) is 9.31. The van der Waals surface area contributed by atoms with E-state index in [4.69, 9.17) is 8.83 Å². The highest BCUT2D eigenvalue weighted by atomic mass is 32.1. The number of furan rings is 1. The summed E-state index contributed by atoms with van der Waals surface area (Å²) in [6.45, 7) is 0. The molecule has 3 rings (SSSR count). The zero-order valence-electron chi connectivity index (χ0n) is 9.70. The molecule has 3 heterocycles. The number of anilines is 1. The fourth-order valence-corrected chi connectivity index (χ4v) is 2.21. The van der Waals surface area contributed by atoms with Gasteiger partial charge in [0.1, 0.15) is 0 Å². The highest BCUT2D eigenvalue weighted by Crippen LogP contribution is 2.20. The van der Waals surface area contributed by atoms with Crippen molar-refractivity contribution in [2.24, 2.45) is 0 Å². The van der Waals surface area contributed by atoms with Crippen molar-refractivity contribution in [1.82, 2.24) is 10.2 Å². The van der Waals surface area contributed by atoms with Crippen LogP contribution in [0.1, 0.15) is 4.88 Å². The minimum absolute atomic E-state index is 0.0629. The van der Waals surface area contributed by atoms with Gasteiger partial charge in [0.25, 0.3) is 5.89 Å². The van der Waals surface area contributed by atoms with Gasteiger partial charge in [-0.3, -0.25) is 10.1 Å². The minimum Gasteiger partial charge on any atom is -0.459 e. The summed E-state index contributed by atoms with van der Waals surface area (Å²) in [6, 6.07) is 7.27. The van der Waals surface area contributed by atoms with Crippen molar-refractivity contribution in [3.8, 4) is 11.7 Å². The molecule has 0 spiro atoms. The molecule has 19 heavy (non-hydrogen) atoms. The van der Waals surface area contributed by atoms with E-state index < -0.39 is 0 Å². The molecular formula is C12H9N3O3S. The molecule has 1 amide bonds. The lowest BCUT2D eigenvalue weighted by Gasteiger charge is -1.97. The zero-order valence-corrected chi connectivity index (χ0v) is 10.5. The molecule has 7 heteroatoms. The molecular weight excluding hydrogens is 266 g/mol. The van der Waals surface area contributed by atoms with E-state index in [0.29, 0.717) is 5.76 Å². The third-order valence-electron chi connectivity index (χ3n) is 2.32. The average molecular weight is 275 g/mol. The quantitative estimate of drug-likeness (QED) is 0.791. The van der Waals surface area contributed by atoms with Crippen LogP contribution < -0.4 is 5.32 Å². The van der Waals surface area contributed by atoms with Crippen LogP contribution in [-0.4, -0.2) is 16.1 Å². The Morgan fingerprint density at radius 1 is 1.32 bits per heavy atom. The van der Waals surface area contributed by atoms with Crippen LogP contribution in [0.2, 0.25) is 0 Å². The van der Waals surface area contributed by atoms with Crippen LogP contribution in [0.3, 0.4) is 0 Å². The standard InChI is InChI=1S/C12H9N3O3S/c16-10(7-8-3-2-6-19-8)13-12-15-14-11(18-12)9-4-1-5-17-9/h1-6H,7H2,(H,13,15,16). The molecule has 0 radical (unpaired) electrons. The van der Waals surface area contributed by atoms with E-state index in [2.05, 4.69) is 15.5 Å². The summed E-state index contributed by atoms with van der Waals surface area (Å²) in [4.78, 5) is 12.7. The monoisotopic (exact) mass is 275 g/mol. The summed E-state index contributed by atoms with van der Waals surface area (Å²) in [5, 5.41) is 12.0. The second-order valence-corrected chi connectivity index (χ2v) is 4.73. The van der Waals surface area contributed by atoms with Crippen molar-refractivity contribution in [2.45, 2.75) is 6.42 Å². The fraction of sp³-hybridized carbons (Fsp3) is 0.0833. The van der Waals surface area contributed by atoms with Gasteiger partial charge in [0.2, 0.25) is 5.91 Å². The predicted octanol–water partition coefficient (Wildman–Crippen LogP) is 2.57. The van der Waals surface area contributed by atoms with Crippen molar-refractivity contribution in [2.75, 3.05) is 5.32 Å². The van der Waals surface area contributed by atoms with Gasteiger partial charge < -0.3 is 8.83 Å². The number of aromatic nitrogens is 2. The van der Waals surface area contributed by atoms with E-state index in [0.717, 1.165) is 4.88 Å². The number of carbonyl (C=O) groups is 1. The van der Waals surface area contributed by atoms with Crippen LogP contribution in [0.25, 0.3) is 11.7 Å². The normalized spacial score (nSPS) is 10.5. The molecule has 0 saturated heterocycles. The first-order valence-electron chi connectivity index (χ1n) is 5.51. The molecule has 0 aliphatic heterocycles. The van der Waals surface area contributed by atoms with Crippen LogP contribution >= 0.6 is 11.3 Å². The Hall–Kier alpha value is -2.41. The van der Waals surface area contributed by atoms with E-state index in [1.54, 1.807) is 12.1 Å². The van der Waals surface area contributed by atoms with Gasteiger partial charge in [-0.1, -0.05) is 11.2 Å². The largest absolute Gasteiger partial charge is 0.459 e. The topological polar surface area (TPSA) is 81.2 Å². The predicted molar refractivity (Wildman–Crippen MR) is 68.7 cm³/mol. The van der Waals surface area contributed by atoms with Crippen molar-refractivity contribution < 1.29 is 13.6 Å². The van der Waals surface area contributed by atoms with Crippen LogP contribution in [0.15, 0.2) is 44.7 Å². The number of amides is 1. The van der Waals surface area contributed by atoms with Gasteiger partial charge >= 0.3 is 6.01 Å². The molecule has 0 bridgehead atoms. The molecule has 0 saturated carbocycles. The van der Waals surface area contributed by atoms with E-state index in [-0.39, 0.29) is 24.2 Å². The number of thiophene rings is 1. The molecule has 0 fully saturated rings. The van der Waals surface area contributed by atoms with Crippen LogP contribution in [-0.2, 0) is 11.2 Å². The molecule has 3 aromatic heterocycles. The Morgan fingerprint density at radius 2 is 2.26 bits per heavy atom. The summed E-state index contributed by atoms with van der Waals surface area (Å²) in [7, 11) is 0. The summed E-state index contributed by atoms with van der Waals surface area (Å²) >= 11 is 1.52. The molecule has 0 aliphatic rings. The van der Waals surface area contributed by atoms with Gasteiger partial charge in [0.15, 0.2) is 5.76 Å². The molecule has 0 unspecified atom stereocenters. The second-order valence-electron chi connectivity index (χ2n) is 3.69. The van der Waals surface area contributed by atoms with Gasteiger partial charge in [0.05, 0.1) is 12.7 Å². The van der Waals surface area contributed by atoms with Crippen molar-refractivity contribution in [3.05, 3.63) is 40.8 Å². The molecule has 0 atom stereocenters. The molecule has 0 aliphatic carbocycles. The summed E-state index contributed by atoms with van der Waals surface area (Å²) in [5.74, 6) is 0.500. The number of hydrogen-bond donors (Lipinski definition) is 1. The van der Waals surface area contributed by atoms with E-state index in [1.165, 1.54) is 17.6 Å². The summed E-state index contributed by atoms with van der Waals surface area (Å²) in [5.41, 5.74) is 0. The fourth-order valence-electron chi connectivity index (χ4n) is 1.51. The average Bonchev–Trinajstić information content (AvgIpc) is 3.09.